The predicted molar refractivity (Wildman–Crippen MR) is 65.6 cm³/mol. The van der Waals surface area contributed by atoms with E-state index in [2.05, 4.69) is 17.7 Å². The molecule has 1 saturated carbocycles. The molecule has 15 heavy (non-hydrogen) atoms. The van der Waals surface area contributed by atoms with E-state index in [1.165, 1.54) is 19.3 Å². The first-order valence-electron chi connectivity index (χ1n) is 6.15. The lowest BCUT2D eigenvalue weighted by atomic mass is 9.82. The van der Waals surface area contributed by atoms with Gasteiger partial charge in [0.2, 0.25) is 0 Å². The van der Waals surface area contributed by atoms with Crippen LogP contribution in [0.1, 0.15) is 45.4 Å². The van der Waals surface area contributed by atoms with Crippen molar-refractivity contribution in [1.82, 2.24) is 4.90 Å². The maximum absolute atomic E-state index is 6.41. The van der Waals surface area contributed by atoms with Gasteiger partial charge in [-0.15, -0.1) is 6.42 Å². The maximum Gasteiger partial charge on any atom is 0.0599 e. The summed E-state index contributed by atoms with van der Waals surface area (Å²) >= 11 is 0. The van der Waals surface area contributed by atoms with E-state index in [4.69, 9.17) is 12.2 Å². The molecular weight excluding hydrogens is 184 g/mol. The van der Waals surface area contributed by atoms with E-state index in [1.807, 2.05) is 0 Å². The summed E-state index contributed by atoms with van der Waals surface area (Å²) in [6.07, 6.45) is 12.8. The average Bonchev–Trinajstić information content (AvgIpc) is 2.19. The molecule has 0 aliphatic heterocycles. The van der Waals surface area contributed by atoms with Crippen molar-refractivity contribution in [3.05, 3.63) is 0 Å². The van der Waals surface area contributed by atoms with E-state index in [9.17, 15) is 0 Å². The van der Waals surface area contributed by atoms with Crippen molar-refractivity contribution in [2.45, 2.75) is 51.0 Å². The Hall–Kier alpha value is -0.520. The smallest absolute Gasteiger partial charge is 0.0599 e. The van der Waals surface area contributed by atoms with Gasteiger partial charge in [0, 0.05) is 12.1 Å². The molecule has 0 aromatic carbocycles. The Morgan fingerprint density at radius 1 is 1.33 bits per heavy atom. The van der Waals surface area contributed by atoms with E-state index in [0.29, 0.717) is 0 Å². The van der Waals surface area contributed by atoms with Gasteiger partial charge in [-0.05, 0) is 25.8 Å². The van der Waals surface area contributed by atoms with Crippen LogP contribution in [0.25, 0.3) is 0 Å². The van der Waals surface area contributed by atoms with E-state index in [0.717, 1.165) is 38.9 Å². The van der Waals surface area contributed by atoms with Crippen LogP contribution in [0.3, 0.4) is 0 Å². The molecule has 0 radical (unpaired) electrons. The molecule has 1 aliphatic carbocycles. The monoisotopic (exact) mass is 208 g/mol. The number of terminal acetylenes is 1. The summed E-state index contributed by atoms with van der Waals surface area (Å²) in [6.45, 7) is 4.98. The van der Waals surface area contributed by atoms with Crippen LogP contribution in [0, 0.1) is 12.3 Å². The predicted octanol–water partition coefficient (Wildman–Crippen LogP) is 1.99. The minimum Gasteiger partial charge on any atom is -0.324 e. The third kappa shape index (κ3) is 4.24. The molecule has 0 bridgehead atoms. The number of hydrogen-bond acceptors (Lipinski definition) is 2. The number of nitrogens with zero attached hydrogens (tertiary/aromatic N) is 1. The van der Waals surface area contributed by atoms with Crippen LogP contribution in [-0.4, -0.2) is 30.1 Å². The van der Waals surface area contributed by atoms with Crippen molar-refractivity contribution in [3.8, 4) is 12.3 Å². The Bertz CT molecular complexity index is 211. The van der Waals surface area contributed by atoms with E-state index >= 15 is 0 Å². The highest BCUT2D eigenvalue weighted by Gasteiger charge is 2.29. The molecule has 86 valence electrons. The molecule has 1 aliphatic rings. The summed E-state index contributed by atoms with van der Waals surface area (Å²) in [6, 6.07) is 0. The average molecular weight is 208 g/mol. The van der Waals surface area contributed by atoms with Crippen LogP contribution in [0.5, 0.6) is 0 Å². The van der Waals surface area contributed by atoms with Gasteiger partial charge in [0.05, 0.1) is 6.54 Å². The second-order valence-corrected chi connectivity index (χ2v) is 4.84. The summed E-state index contributed by atoms with van der Waals surface area (Å²) in [5, 5.41) is 0. The van der Waals surface area contributed by atoms with E-state index in [1.54, 1.807) is 0 Å². The lowest BCUT2D eigenvalue weighted by Crippen LogP contribution is -2.51. The fourth-order valence-electron chi connectivity index (χ4n) is 2.52. The Labute approximate surface area is 94.2 Å². The summed E-state index contributed by atoms with van der Waals surface area (Å²) in [4.78, 5) is 2.32. The van der Waals surface area contributed by atoms with Gasteiger partial charge >= 0.3 is 0 Å². The molecular formula is C13H24N2. The Balaban J connectivity index is 2.44. The summed E-state index contributed by atoms with van der Waals surface area (Å²) in [5.41, 5.74) is 6.44. The molecule has 2 heteroatoms. The lowest BCUT2D eigenvalue weighted by Gasteiger charge is -2.37. The molecule has 1 fully saturated rings. The fraction of sp³-hybridized carbons (Fsp3) is 0.846. The third-order valence-electron chi connectivity index (χ3n) is 3.24. The number of nitrogens with two attached hydrogens (primary N) is 1. The highest BCUT2D eigenvalue weighted by molar-refractivity contribution is 4.94. The second kappa shape index (κ2) is 6.15. The van der Waals surface area contributed by atoms with Crippen molar-refractivity contribution in [1.29, 1.82) is 0 Å². The first-order chi connectivity index (χ1) is 7.20. The normalized spacial score (nSPS) is 20.1. The summed E-state index contributed by atoms with van der Waals surface area (Å²) in [7, 11) is 0. The maximum atomic E-state index is 6.41. The van der Waals surface area contributed by atoms with Crippen LogP contribution in [-0.2, 0) is 0 Å². The molecule has 0 aromatic heterocycles. The van der Waals surface area contributed by atoms with Crippen molar-refractivity contribution >= 4 is 0 Å². The number of rotatable bonds is 5. The number of hydrogen-bond donors (Lipinski definition) is 1. The minimum atomic E-state index is 0.0320. The van der Waals surface area contributed by atoms with Crippen LogP contribution in [0.4, 0.5) is 0 Å². The summed E-state index contributed by atoms with van der Waals surface area (Å²) in [5.74, 6) is 2.73. The molecule has 0 saturated heterocycles. The molecule has 0 atom stereocenters. The van der Waals surface area contributed by atoms with Gasteiger partial charge in [-0.25, -0.2) is 0 Å². The summed E-state index contributed by atoms with van der Waals surface area (Å²) < 4.78 is 0. The second-order valence-electron chi connectivity index (χ2n) is 4.84. The minimum absolute atomic E-state index is 0.0320. The highest BCUT2D eigenvalue weighted by atomic mass is 15.1. The van der Waals surface area contributed by atoms with Gasteiger partial charge in [-0.2, -0.15) is 0 Å². The molecule has 0 amide bonds. The van der Waals surface area contributed by atoms with E-state index < -0.39 is 0 Å². The first-order valence-corrected chi connectivity index (χ1v) is 6.15. The highest BCUT2D eigenvalue weighted by Crippen LogP contribution is 2.26. The molecule has 0 unspecified atom stereocenters. The first kappa shape index (κ1) is 12.5. The Morgan fingerprint density at radius 2 is 2.00 bits per heavy atom. The molecule has 2 N–H and O–H groups in total. The van der Waals surface area contributed by atoms with Crippen molar-refractivity contribution in [2.75, 3.05) is 19.6 Å². The zero-order chi connectivity index (χ0) is 11.1. The molecule has 1 rings (SSSR count). The van der Waals surface area contributed by atoms with Crippen molar-refractivity contribution in [3.63, 3.8) is 0 Å². The molecule has 0 spiro atoms. The zero-order valence-corrected chi connectivity index (χ0v) is 9.97. The SMILES string of the molecule is C#CCN(CCC)CC1(N)CCCCC1. The van der Waals surface area contributed by atoms with Gasteiger partial charge in [0.1, 0.15) is 0 Å². The fourth-order valence-corrected chi connectivity index (χ4v) is 2.52. The van der Waals surface area contributed by atoms with Gasteiger partial charge < -0.3 is 5.73 Å². The zero-order valence-electron chi connectivity index (χ0n) is 9.97. The van der Waals surface area contributed by atoms with Gasteiger partial charge in [-0.1, -0.05) is 32.1 Å². The van der Waals surface area contributed by atoms with Gasteiger partial charge in [0.25, 0.3) is 0 Å². The third-order valence-corrected chi connectivity index (χ3v) is 3.24. The van der Waals surface area contributed by atoms with Crippen LogP contribution < -0.4 is 5.73 Å². The lowest BCUT2D eigenvalue weighted by molar-refractivity contribution is 0.186. The Morgan fingerprint density at radius 3 is 2.53 bits per heavy atom. The topological polar surface area (TPSA) is 29.3 Å². The van der Waals surface area contributed by atoms with Crippen molar-refractivity contribution < 1.29 is 0 Å². The van der Waals surface area contributed by atoms with E-state index in [-0.39, 0.29) is 5.54 Å². The van der Waals surface area contributed by atoms with Crippen molar-refractivity contribution in [2.24, 2.45) is 5.73 Å². The molecule has 2 nitrogen and oxygen atoms in total. The van der Waals surface area contributed by atoms with Crippen LogP contribution in [0.2, 0.25) is 0 Å². The van der Waals surface area contributed by atoms with Crippen LogP contribution in [0.15, 0.2) is 0 Å². The standard InChI is InChI=1S/C13H24N2/c1-3-10-15(11-4-2)12-13(14)8-6-5-7-9-13/h1H,4-12,14H2,2H3. The quantitative estimate of drug-likeness (QED) is 0.700. The molecule has 0 heterocycles. The molecule has 0 aromatic rings. The Kier molecular flexibility index (Phi) is 5.14. The van der Waals surface area contributed by atoms with Gasteiger partial charge in [-0.3, -0.25) is 4.90 Å². The van der Waals surface area contributed by atoms with Crippen LogP contribution >= 0.6 is 0 Å². The van der Waals surface area contributed by atoms with Gasteiger partial charge in [0.15, 0.2) is 0 Å². The largest absolute Gasteiger partial charge is 0.324 e.